The quantitative estimate of drug-likeness (QED) is 0.127. The molecule has 0 heterocycles. The molecule has 0 saturated carbocycles. The number of aliphatic imine (C=N–C) groups is 1. The van der Waals surface area contributed by atoms with Crippen molar-refractivity contribution < 1.29 is 23.7 Å². The summed E-state index contributed by atoms with van der Waals surface area (Å²) in [5.74, 6) is 0.0378. The molecular formula is C20H42N4O5. The average Bonchev–Trinajstić information content (AvgIpc) is 2.72. The minimum atomic E-state index is 0.0378. The monoisotopic (exact) mass is 418 g/mol. The van der Waals surface area contributed by atoms with Crippen molar-refractivity contribution in [2.45, 2.75) is 44.9 Å². The molecule has 0 bridgehead atoms. The van der Waals surface area contributed by atoms with E-state index in [-0.39, 0.29) is 5.91 Å². The van der Waals surface area contributed by atoms with E-state index in [1.54, 1.807) is 0 Å². The predicted octanol–water partition coefficient (Wildman–Crippen LogP) is 0.845. The van der Waals surface area contributed by atoms with Crippen LogP contribution in [-0.2, 0) is 23.7 Å². The van der Waals surface area contributed by atoms with Gasteiger partial charge >= 0.3 is 0 Å². The first-order valence-corrected chi connectivity index (χ1v) is 10.8. The van der Waals surface area contributed by atoms with E-state index in [9.17, 15) is 4.79 Å². The van der Waals surface area contributed by atoms with Crippen molar-refractivity contribution in [3.05, 3.63) is 0 Å². The molecule has 0 aliphatic carbocycles. The van der Waals surface area contributed by atoms with Crippen molar-refractivity contribution in [3.63, 3.8) is 0 Å². The average molecular weight is 419 g/mol. The summed E-state index contributed by atoms with van der Waals surface area (Å²) in [6.07, 6.45) is 8.57. The minimum absolute atomic E-state index is 0.0378. The third-order valence-corrected chi connectivity index (χ3v) is 3.99. The lowest BCUT2D eigenvalue weighted by Gasteiger charge is -2.08. The highest BCUT2D eigenvalue weighted by atomic mass is 16.6. The first-order chi connectivity index (χ1) is 14.3. The van der Waals surface area contributed by atoms with Gasteiger partial charge in [0.25, 0.3) is 0 Å². The second kappa shape index (κ2) is 24.8. The predicted molar refractivity (Wildman–Crippen MR) is 115 cm³/mol. The fourth-order valence-corrected chi connectivity index (χ4v) is 2.44. The molecule has 172 valence electrons. The molecule has 0 aliphatic heterocycles. The number of carbonyl (C=O) groups excluding carboxylic acids is 1. The molecule has 29 heavy (non-hydrogen) atoms. The number of nitrogens with zero attached hydrogens (tertiary/aromatic N) is 1. The van der Waals surface area contributed by atoms with E-state index in [2.05, 4.69) is 10.3 Å². The van der Waals surface area contributed by atoms with E-state index in [0.29, 0.717) is 65.8 Å². The number of nitrogens with one attached hydrogen (secondary N) is 1. The molecule has 0 atom stereocenters. The van der Waals surface area contributed by atoms with Crippen LogP contribution in [0.1, 0.15) is 44.9 Å². The van der Waals surface area contributed by atoms with E-state index in [1.165, 1.54) is 25.6 Å². The summed E-state index contributed by atoms with van der Waals surface area (Å²) < 4.78 is 21.3. The molecule has 0 rings (SSSR count). The number of carbonyl (C=O) groups is 1. The molecule has 5 N–H and O–H groups in total. The maximum absolute atomic E-state index is 11.7. The lowest BCUT2D eigenvalue weighted by Crippen LogP contribution is -2.25. The van der Waals surface area contributed by atoms with Gasteiger partial charge in [-0.25, -0.2) is 0 Å². The highest BCUT2D eigenvalue weighted by molar-refractivity contribution is 5.75. The van der Waals surface area contributed by atoms with Crippen LogP contribution >= 0.6 is 0 Å². The fourth-order valence-electron chi connectivity index (χ4n) is 2.44. The maximum Gasteiger partial charge on any atom is 0.222 e. The van der Waals surface area contributed by atoms with Crippen LogP contribution in [0.15, 0.2) is 4.99 Å². The zero-order valence-corrected chi connectivity index (χ0v) is 17.9. The fraction of sp³-hybridized carbons (Fsp3) is 0.900. The number of unbranched alkanes of at least 4 members (excludes halogenated alkanes) is 5. The topological polar surface area (TPSA) is 130 Å². The summed E-state index contributed by atoms with van der Waals surface area (Å²) in [6.45, 7) is 6.15. The van der Waals surface area contributed by atoms with Crippen LogP contribution in [0, 0.1) is 0 Å². The lowest BCUT2D eigenvalue weighted by atomic mass is 10.1. The van der Waals surface area contributed by atoms with Crippen molar-refractivity contribution in [1.82, 2.24) is 5.32 Å². The SMILES string of the molecule is NC=NCCCCCCCCNC(=O)CCOCCOCCOCCOCCN. The third kappa shape index (κ3) is 24.7. The van der Waals surface area contributed by atoms with Crippen molar-refractivity contribution in [2.75, 3.05) is 72.5 Å². The highest BCUT2D eigenvalue weighted by Crippen LogP contribution is 2.04. The Hall–Kier alpha value is -1.26. The molecule has 0 radical (unpaired) electrons. The van der Waals surface area contributed by atoms with Gasteiger partial charge in [0.15, 0.2) is 0 Å². The van der Waals surface area contributed by atoms with Gasteiger partial charge in [0.1, 0.15) is 0 Å². The summed E-state index contributed by atoms with van der Waals surface area (Å²) in [7, 11) is 0. The Morgan fingerprint density at radius 3 is 1.86 bits per heavy atom. The Kier molecular flexibility index (Phi) is 23.7. The van der Waals surface area contributed by atoms with Crippen LogP contribution in [0.2, 0.25) is 0 Å². The van der Waals surface area contributed by atoms with Gasteiger partial charge in [-0.15, -0.1) is 0 Å². The molecule has 0 spiro atoms. The normalized spacial score (nSPS) is 11.3. The summed E-state index contributed by atoms with van der Waals surface area (Å²) >= 11 is 0. The highest BCUT2D eigenvalue weighted by Gasteiger charge is 2.00. The molecule has 0 saturated heterocycles. The second-order valence-corrected chi connectivity index (χ2v) is 6.51. The Balaban J connectivity index is 3.15. The zero-order valence-electron chi connectivity index (χ0n) is 17.9. The number of amides is 1. The first kappa shape index (κ1) is 27.7. The van der Waals surface area contributed by atoms with Crippen molar-refractivity contribution >= 4 is 12.2 Å². The molecule has 9 nitrogen and oxygen atoms in total. The van der Waals surface area contributed by atoms with Gasteiger partial charge in [-0.2, -0.15) is 0 Å². The Bertz CT molecular complexity index is 373. The number of ether oxygens (including phenoxy) is 4. The van der Waals surface area contributed by atoms with Crippen LogP contribution in [0.5, 0.6) is 0 Å². The summed E-state index contributed by atoms with van der Waals surface area (Å²) in [6, 6.07) is 0. The van der Waals surface area contributed by atoms with Gasteiger partial charge in [0, 0.05) is 26.1 Å². The van der Waals surface area contributed by atoms with Crippen LogP contribution < -0.4 is 16.8 Å². The van der Waals surface area contributed by atoms with Gasteiger partial charge in [-0.3, -0.25) is 9.79 Å². The Morgan fingerprint density at radius 2 is 1.28 bits per heavy atom. The molecule has 9 heteroatoms. The summed E-state index contributed by atoms with van der Waals surface area (Å²) in [5, 5.41) is 2.93. The first-order valence-electron chi connectivity index (χ1n) is 10.8. The van der Waals surface area contributed by atoms with Gasteiger partial charge in [-0.1, -0.05) is 25.7 Å². The molecule has 0 aromatic carbocycles. The van der Waals surface area contributed by atoms with Gasteiger partial charge in [0.05, 0.1) is 59.2 Å². The number of nitrogens with two attached hydrogens (primary N) is 2. The standard InChI is InChI=1S/C20H42N4O5/c21-8-12-27-14-16-29-18-17-28-15-13-26-11-7-20(25)24-10-6-4-2-1-3-5-9-23-19-22/h19H,1-18,21H2,(H2,22,23)(H,24,25). The smallest absolute Gasteiger partial charge is 0.222 e. The van der Waals surface area contributed by atoms with Crippen molar-refractivity contribution in [2.24, 2.45) is 16.5 Å². The van der Waals surface area contributed by atoms with Gasteiger partial charge < -0.3 is 35.7 Å². The largest absolute Gasteiger partial charge is 0.390 e. The van der Waals surface area contributed by atoms with Gasteiger partial charge in [0.2, 0.25) is 5.91 Å². The zero-order chi connectivity index (χ0) is 21.3. The van der Waals surface area contributed by atoms with E-state index in [4.69, 9.17) is 30.4 Å². The molecule has 0 aromatic rings. The lowest BCUT2D eigenvalue weighted by molar-refractivity contribution is -0.122. The molecular weight excluding hydrogens is 376 g/mol. The second-order valence-electron chi connectivity index (χ2n) is 6.51. The maximum atomic E-state index is 11.7. The molecule has 0 fully saturated rings. The van der Waals surface area contributed by atoms with Crippen LogP contribution in [-0.4, -0.2) is 84.7 Å². The number of rotatable bonds is 23. The minimum Gasteiger partial charge on any atom is -0.390 e. The molecule has 0 unspecified atom stereocenters. The van der Waals surface area contributed by atoms with Crippen LogP contribution in [0.25, 0.3) is 0 Å². The Morgan fingerprint density at radius 1 is 0.759 bits per heavy atom. The van der Waals surface area contributed by atoms with E-state index >= 15 is 0 Å². The number of hydrogen-bond acceptors (Lipinski definition) is 7. The van der Waals surface area contributed by atoms with Crippen LogP contribution in [0.4, 0.5) is 0 Å². The van der Waals surface area contributed by atoms with Crippen LogP contribution in [0.3, 0.4) is 0 Å². The van der Waals surface area contributed by atoms with E-state index < -0.39 is 0 Å². The third-order valence-electron chi connectivity index (χ3n) is 3.99. The molecule has 1 amide bonds. The van der Waals surface area contributed by atoms with Crippen molar-refractivity contribution in [3.8, 4) is 0 Å². The summed E-state index contributed by atoms with van der Waals surface area (Å²) in [5.41, 5.74) is 10.5. The van der Waals surface area contributed by atoms with E-state index in [0.717, 1.165) is 32.4 Å². The Labute approximate surface area is 175 Å². The molecule has 0 aliphatic rings. The van der Waals surface area contributed by atoms with E-state index in [1.807, 2.05) is 0 Å². The summed E-state index contributed by atoms with van der Waals surface area (Å²) in [4.78, 5) is 15.7. The van der Waals surface area contributed by atoms with Crippen molar-refractivity contribution in [1.29, 1.82) is 0 Å². The molecule has 0 aromatic heterocycles. The number of hydrogen-bond donors (Lipinski definition) is 3. The van der Waals surface area contributed by atoms with Gasteiger partial charge in [-0.05, 0) is 12.8 Å².